The van der Waals surface area contributed by atoms with E-state index in [0.717, 1.165) is 12.1 Å². The highest BCUT2D eigenvalue weighted by atomic mass is 35.5. The molecule has 1 amide bonds. The fourth-order valence-electron chi connectivity index (χ4n) is 3.39. The van der Waals surface area contributed by atoms with Gasteiger partial charge < -0.3 is 9.88 Å². The van der Waals surface area contributed by atoms with Crippen LogP contribution in [0.1, 0.15) is 5.56 Å². The summed E-state index contributed by atoms with van der Waals surface area (Å²) in [7, 11) is 0. The molecule has 0 aliphatic rings. The Bertz CT molecular complexity index is 1350. The first-order chi connectivity index (χ1) is 14.2. The van der Waals surface area contributed by atoms with E-state index >= 15 is 0 Å². The lowest BCUT2D eigenvalue weighted by atomic mass is 10.1. The SMILES string of the molecule is O=C(Cn1c2ccccc2c(=O)c2cc(Cl)ccc21)Nc1cccc(C(F)(F)F)c1. The molecule has 0 aliphatic carbocycles. The van der Waals surface area contributed by atoms with Crippen LogP contribution in [0.15, 0.2) is 71.5 Å². The third-order valence-electron chi connectivity index (χ3n) is 4.71. The molecule has 30 heavy (non-hydrogen) atoms. The van der Waals surface area contributed by atoms with E-state index in [9.17, 15) is 22.8 Å². The van der Waals surface area contributed by atoms with Crippen LogP contribution in [0.5, 0.6) is 0 Å². The summed E-state index contributed by atoms with van der Waals surface area (Å²) in [6, 6.07) is 16.0. The molecule has 1 heterocycles. The molecule has 1 N–H and O–H groups in total. The number of halogens is 4. The summed E-state index contributed by atoms with van der Waals surface area (Å²) >= 11 is 6.04. The van der Waals surface area contributed by atoms with Gasteiger partial charge in [-0.15, -0.1) is 0 Å². The van der Waals surface area contributed by atoms with Crippen molar-refractivity contribution < 1.29 is 18.0 Å². The number of fused-ring (bicyclic) bond motifs is 2. The summed E-state index contributed by atoms with van der Waals surface area (Å²) in [5.41, 5.74) is 0.0122. The molecule has 8 heteroatoms. The molecule has 0 saturated carbocycles. The van der Waals surface area contributed by atoms with Gasteiger partial charge in [-0.1, -0.05) is 29.8 Å². The highest BCUT2D eigenvalue weighted by Gasteiger charge is 2.30. The maximum Gasteiger partial charge on any atom is 0.416 e. The second kappa shape index (κ2) is 7.50. The predicted octanol–water partition coefficient (Wildman–Crippen LogP) is 5.47. The topological polar surface area (TPSA) is 51.1 Å². The molecule has 0 fully saturated rings. The van der Waals surface area contributed by atoms with Gasteiger partial charge in [0.1, 0.15) is 6.54 Å². The van der Waals surface area contributed by atoms with Crippen molar-refractivity contribution in [2.45, 2.75) is 12.7 Å². The average molecular weight is 431 g/mol. The highest BCUT2D eigenvalue weighted by Crippen LogP contribution is 2.30. The molecule has 0 saturated heterocycles. The largest absolute Gasteiger partial charge is 0.416 e. The number of amides is 1. The number of hydrogen-bond donors (Lipinski definition) is 1. The fraction of sp³-hybridized carbons (Fsp3) is 0.0909. The van der Waals surface area contributed by atoms with Crippen LogP contribution in [-0.2, 0) is 17.5 Å². The number of alkyl halides is 3. The van der Waals surface area contributed by atoms with Crippen LogP contribution < -0.4 is 10.7 Å². The van der Waals surface area contributed by atoms with Crippen molar-refractivity contribution in [1.29, 1.82) is 0 Å². The van der Waals surface area contributed by atoms with Gasteiger partial charge in [-0.25, -0.2) is 0 Å². The monoisotopic (exact) mass is 430 g/mol. The lowest BCUT2D eigenvalue weighted by Gasteiger charge is -2.16. The van der Waals surface area contributed by atoms with Crippen molar-refractivity contribution in [2.75, 3.05) is 5.32 Å². The number of benzene rings is 3. The third kappa shape index (κ3) is 3.76. The Labute approximate surface area is 173 Å². The normalized spacial score (nSPS) is 11.7. The van der Waals surface area contributed by atoms with E-state index in [4.69, 9.17) is 11.6 Å². The fourth-order valence-corrected chi connectivity index (χ4v) is 3.56. The van der Waals surface area contributed by atoms with Gasteiger partial charge in [0.05, 0.1) is 16.6 Å². The van der Waals surface area contributed by atoms with Crippen LogP contribution >= 0.6 is 11.6 Å². The van der Waals surface area contributed by atoms with Gasteiger partial charge in [0.15, 0.2) is 5.43 Å². The quantitative estimate of drug-likeness (QED) is 0.438. The minimum Gasteiger partial charge on any atom is -0.331 e. The number of para-hydroxylation sites is 1. The molecule has 152 valence electrons. The van der Waals surface area contributed by atoms with Gasteiger partial charge in [0.2, 0.25) is 5.91 Å². The number of nitrogens with zero attached hydrogens (tertiary/aromatic N) is 1. The number of aromatic nitrogens is 1. The number of carbonyl (C=O) groups excluding carboxylic acids is 1. The van der Waals surface area contributed by atoms with Gasteiger partial charge >= 0.3 is 6.18 Å². The zero-order valence-electron chi connectivity index (χ0n) is 15.3. The van der Waals surface area contributed by atoms with Crippen LogP contribution in [0.2, 0.25) is 5.02 Å². The first-order valence-corrected chi connectivity index (χ1v) is 9.30. The number of pyridine rings is 1. The van der Waals surface area contributed by atoms with Crippen LogP contribution in [0.4, 0.5) is 18.9 Å². The first-order valence-electron chi connectivity index (χ1n) is 8.92. The van der Waals surface area contributed by atoms with E-state index in [0.29, 0.717) is 26.8 Å². The standard InChI is InChI=1S/C22H14ClF3N2O2/c23-14-8-9-19-17(11-14)21(30)16-6-1-2-7-18(16)28(19)12-20(29)27-15-5-3-4-13(10-15)22(24,25)26/h1-11H,12H2,(H,27,29). The molecule has 4 rings (SSSR count). The van der Waals surface area contributed by atoms with E-state index < -0.39 is 17.6 Å². The Balaban J connectivity index is 1.76. The van der Waals surface area contributed by atoms with Crippen molar-refractivity contribution in [3.05, 3.63) is 87.5 Å². The van der Waals surface area contributed by atoms with Crippen LogP contribution in [-0.4, -0.2) is 10.5 Å². The van der Waals surface area contributed by atoms with E-state index in [-0.39, 0.29) is 17.7 Å². The maximum absolute atomic E-state index is 12.9. The van der Waals surface area contributed by atoms with Gasteiger partial charge in [-0.2, -0.15) is 13.2 Å². The molecule has 3 aromatic carbocycles. The lowest BCUT2D eigenvalue weighted by molar-refractivity contribution is -0.137. The van der Waals surface area contributed by atoms with Gasteiger partial charge in [0, 0.05) is 21.5 Å². The Morgan fingerprint density at radius 2 is 1.67 bits per heavy atom. The minimum atomic E-state index is -4.51. The maximum atomic E-state index is 12.9. The van der Waals surface area contributed by atoms with E-state index in [1.54, 1.807) is 41.0 Å². The number of rotatable bonds is 3. The molecule has 0 spiro atoms. The Morgan fingerprint density at radius 3 is 2.43 bits per heavy atom. The summed E-state index contributed by atoms with van der Waals surface area (Å²) in [5.74, 6) is -0.528. The molecule has 4 nitrogen and oxygen atoms in total. The van der Waals surface area contributed by atoms with Gasteiger partial charge in [-0.3, -0.25) is 9.59 Å². The number of anilines is 1. The van der Waals surface area contributed by atoms with E-state index in [2.05, 4.69) is 5.32 Å². The Kier molecular flexibility index (Phi) is 4.99. The summed E-state index contributed by atoms with van der Waals surface area (Å²) in [6.07, 6.45) is -4.51. The Hall–Kier alpha value is -3.32. The summed E-state index contributed by atoms with van der Waals surface area (Å²) < 4.78 is 40.4. The van der Waals surface area contributed by atoms with Gasteiger partial charge in [0.25, 0.3) is 0 Å². The molecular formula is C22H14ClF3N2O2. The summed E-state index contributed by atoms with van der Waals surface area (Å²) in [6.45, 7) is -0.199. The molecule has 0 unspecified atom stereocenters. The van der Waals surface area contributed by atoms with Crippen LogP contribution in [0.25, 0.3) is 21.8 Å². The highest BCUT2D eigenvalue weighted by molar-refractivity contribution is 6.31. The molecule has 0 atom stereocenters. The molecule has 0 aliphatic heterocycles. The second-order valence-corrected chi connectivity index (χ2v) is 7.16. The Morgan fingerprint density at radius 1 is 0.933 bits per heavy atom. The van der Waals surface area contributed by atoms with E-state index in [1.165, 1.54) is 18.2 Å². The molecule has 0 radical (unpaired) electrons. The van der Waals surface area contributed by atoms with E-state index in [1.807, 2.05) is 0 Å². The van der Waals surface area contributed by atoms with Crippen molar-refractivity contribution in [3.63, 3.8) is 0 Å². The molecule has 1 aromatic heterocycles. The zero-order chi connectivity index (χ0) is 21.5. The lowest BCUT2D eigenvalue weighted by Crippen LogP contribution is -2.21. The number of nitrogens with one attached hydrogen (secondary N) is 1. The van der Waals surface area contributed by atoms with Crippen LogP contribution in [0.3, 0.4) is 0 Å². The average Bonchev–Trinajstić information content (AvgIpc) is 2.71. The first kappa shape index (κ1) is 20.0. The van der Waals surface area contributed by atoms with Gasteiger partial charge in [-0.05, 0) is 48.5 Å². The molecular weight excluding hydrogens is 417 g/mol. The number of carbonyl (C=O) groups is 1. The summed E-state index contributed by atoms with van der Waals surface area (Å²) in [4.78, 5) is 25.5. The second-order valence-electron chi connectivity index (χ2n) is 6.72. The van der Waals surface area contributed by atoms with Crippen LogP contribution in [0, 0.1) is 0 Å². The summed E-state index contributed by atoms with van der Waals surface area (Å²) in [5, 5.41) is 3.65. The smallest absolute Gasteiger partial charge is 0.331 e. The van der Waals surface area contributed by atoms with Crippen molar-refractivity contribution in [3.8, 4) is 0 Å². The zero-order valence-corrected chi connectivity index (χ0v) is 16.1. The third-order valence-corrected chi connectivity index (χ3v) is 4.94. The van der Waals surface area contributed by atoms with Crippen molar-refractivity contribution in [1.82, 2.24) is 4.57 Å². The van der Waals surface area contributed by atoms with Crippen molar-refractivity contribution in [2.24, 2.45) is 0 Å². The minimum absolute atomic E-state index is 0.0347. The predicted molar refractivity (Wildman–Crippen MR) is 111 cm³/mol. The molecule has 4 aromatic rings. The molecule has 0 bridgehead atoms. The van der Waals surface area contributed by atoms with Crippen molar-refractivity contribution >= 4 is 45.0 Å². The number of hydrogen-bond acceptors (Lipinski definition) is 2.